The number of rotatable bonds is 5. The first-order valence-corrected chi connectivity index (χ1v) is 9.61. The number of halogens is 3. The van der Waals surface area contributed by atoms with Crippen LogP contribution in [0.5, 0.6) is 0 Å². The third kappa shape index (κ3) is 3.99. The number of benzene rings is 1. The van der Waals surface area contributed by atoms with Crippen LogP contribution in [0, 0.1) is 12.8 Å². The summed E-state index contributed by atoms with van der Waals surface area (Å²) in [6.07, 6.45) is 1.46. The normalized spacial score (nSPS) is 15.3. The topological polar surface area (TPSA) is 73.0 Å². The van der Waals surface area contributed by atoms with Gasteiger partial charge in [-0.3, -0.25) is 4.79 Å². The van der Waals surface area contributed by atoms with E-state index < -0.39 is 12.1 Å². The summed E-state index contributed by atoms with van der Waals surface area (Å²) >= 11 is 0. The Balaban J connectivity index is 1.49. The minimum Gasteiger partial charge on any atom is -0.354 e. The smallest absolute Gasteiger partial charge is 0.354 e. The summed E-state index contributed by atoms with van der Waals surface area (Å²) in [7, 11) is 0. The molecule has 0 bridgehead atoms. The van der Waals surface area contributed by atoms with Crippen LogP contribution < -0.4 is 5.32 Å². The molecule has 0 aliphatic heterocycles. The van der Waals surface area contributed by atoms with E-state index in [2.05, 4.69) is 20.0 Å². The number of aryl methyl sites for hydroxylation is 1. The van der Waals surface area contributed by atoms with E-state index in [4.69, 9.17) is 0 Å². The van der Waals surface area contributed by atoms with Gasteiger partial charge in [-0.05, 0) is 43.5 Å². The lowest BCUT2D eigenvalue weighted by atomic mass is 10.1. The van der Waals surface area contributed by atoms with Gasteiger partial charge in [-0.25, -0.2) is 0 Å². The van der Waals surface area contributed by atoms with E-state index in [0.717, 1.165) is 42.1 Å². The Hall–Kier alpha value is -2.84. The maximum atomic E-state index is 12.7. The molecule has 29 heavy (non-hydrogen) atoms. The molecule has 0 saturated heterocycles. The number of nitrogens with zero attached hydrogens (tertiary/aromatic N) is 3. The minimum absolute atomic E-state index is 0.102. The average Bonchev–Trinajstić information content (AvgIpc) is 3.42. The monoisotopic (exact) mass is 406 g/mol. The van der Waals surface area contributed by atoms with Gasteiger partial charge in [-0.15, -0.1) is 0 Å². The first-order chi connectivity index (χ1) is 13.8. The van der Waals surface area contributed by atoms with Crippen molar-refractivity contribution in [1.29, 1.82) is 0 Å². The minimum atomic E-state index is -4.67. The van der Waals surface area contributed by atoms with Gasteiger partial charge in [0.05, 0.1) is 0 Å². The van der Waals surface area contributed by atoms with Crippen LogP contribution in [0.2, 0.25) is 0 Å². The van der Waals surface area contributed by atoms with Crippen molar-refractivity contribution >= 4 is 16.8 Å². The number of carbonyl (C=O) groups is 1. The van der Waals surface area contributed by atoms with Gasteiger partial charge in [-0.1, -0.05) is 18.0 Å². The van der Waals surface area contributed by atoms with Crippen molar-refractivity contribution in [3.05, 3.63) is 35.9 Å². The standard InChI is InChI=1S/C20H21F3N4O2/c1-12-11-27(9-8-24-18(28)13-4-2-3-5-13)16-7-6-14(10-15(12)16)17-25-19(29-26-17)20(21,22)23/h6-7,10-11,13H,2-5,8-9H2,1H3,(H,24,28). The molecule has 2 heterocycles. The SMILES string of the molecule is Cc1cn(CCNC(=O)C2CCCC2)c2ccc(-c3noc(C(F)(F)F)n3)cc12. The highest BCUT2D eigenvalue weighted by Crippen LogP contribution is 2.31. The second-order valence-electron chi connectivity index (χ2n) is 7.43. The number of fused-ring (bicyclic) bond motifs is 1. The summed E-state index contributed by atoms with van der Waals surface area (Å²) in [6, 6.07) is 5.24. The van der Waals surface area contributed by atoms with Gasteiger partial charge in [0.25, 0.3) is 0 Å². The summed E-state index contributed by atoms with van der Waals surface area (Å²) in [5.74, 6) is -1.21. The molecule has 0 radical (unpaired) electrons. The van der Waals surface area contributed by atoms with Crippen molar-refractivity contribution in [3.63, 3.8) is 0 Å². The lowest BCUT2D eigenvalue weighted by Crippen LogP contribution is -2.31. The van der Waals surface area contributed by atoms with Gasteiger partial charge in [0, 0.05) is 41.7 Å². The molecule has 4 rings (SSSR count). The molecule has 1 aromatic carbocycles. The zero-order valence-electron chi connectivity index (χ0n) is 15.9. The van der Waals surface area contributed by atoms with E-state index in [0.29, 0.717) is 18.7 Å². The summed E-state index contributed by atoms with van der Waals surface area (Å²) in [4.78, 5) is 15.6. The molecule has 2 aromatic heterocycles. The molecule has 9 heteroatoms. The third-order valence-corrected chi connectivity index (χ3v) is 5.38. The quantitative estimate of drug-likeness (QED) is 0.685. The van der Waals surface area contributed by atoms with Crippen LogP contribution in [0.4, 0.5) is 13.2 Å². The van der Waals surface area contributed by atoms with Crippen molar-refractivity contribution in [2.45, 2.75) is 45.3 Å². The highest BCUT2D eigenvalue weighted by molar-refractivity contribution is 5.87. The number of amides is 1. The molecule has 1 saturated carbocycles. The number of nitrogens with one attached hydrogen (secondary N) is 1. The molecule has 1 aliphatic carbocycles. The maximum Gasteiger partial charge on any atom is 0.471 e. The van der Waals surface area contributed by atoms with Crippen molar-refractivity contribution in [2.75, 3.05) is 6.54 Å². The van der Waals surface area contributed by atoms with Crippen molar-refractivity contribution in [1.82, 2.24) is 20.0 Å². The van der Waals surface area contributed by atoms with Gasteiger partial charge in [0.2, 0.25) is 11.7 Å². The van der Waals surface area contributed by atoms with E-state index >= 15 is 0 Å². The van der Waals surface area contributed by atoms with Gasteiger partial charge in [-0.2, -0.15) is 18.2 Å². The average molecular weight is 406 g/mol. The van der Waals surface area contributed by atoms with Crippen LogP contribution >= 0.6 is 0 Å². The first kappa shape index (κ1) is 19.5. The highest BCUT2D eigenvalue weighted by atomic mass is 19.4. The molecule has 3 aromatic rings. The van der Waals surface area contributed by atoms with Gasteiger partial charge < -0.3 is 14.4 Å². The summed E-state index contributed by atoms with van der Waals surface area (Å²) < 4.78 is 44.4. The zero-order chi connectivity index (χ0) is 20.6. The van der Waals surface area contributed by atoms with Gasteiger partial charge >= 0.3 is 12.1 Å². The molecule has 6 nitrogen and oxygen atoms in total. The number of alkyl halides is 3. The highest BCUT2D eigenvalue weighted by Gasteiger charge is 2.38. The van der Waals surface area contributed by atoms with E-state index in [1.165, 1.54) is 0 Å². The molecule has 1 N–H and O–H groups in total. The van der Waals surface area contributed by atoms with Gasteiger partial charge in [0.1, 0.15) is 0 Å². The van der Waals surface area contributed by atoms with E-state index in [1.54, 1.807) is 12.1 Å². The molecule has 1 fully saturated rings. The second-order valence-corrected chi connectivity index (χ2v) is 7.43. The summed E-state index contributed by atoms with van der Waals surface area (Å²) in [6.45, 7) is 3.07. The molecule has 0 spiro atoms. The van der Waals surface area contributed by atoms with Crippen molar-refractivity contribution in [3.8, 4) is 11.4 Å². The fraction of sp³-hybridized carbons (Fsp3) is 0.450. The molecule has 1 amide bonds. The summed E-state index contributed by atoms with van der Waals surface area (Å²) in [5, 5.41) is 7.34. The Kier molecular flexibility index (Phi) is 5.06. The molecule has 0 unspecified atom stereocenters. The second kappa shape index (κ2) is 7.53. The Bertz CT molecular complexity index is 1030. The lowest BCUT2D eigenvalue weighted by molar-refractivity contribution is -0.159. The largest absolute Gasteiger partial charge is 0.471 e. The van der Waals surface area contributed by atoms with E-state index in [1.807, 2.05) is 23.8 Å². The van der Waals surface area contributed by atoms with E-state index in [-0.39, 0.29) is 17.6 Å². The fourth-order valence-corrected chi connectivity index (χ4v) is 3.89. The first-order valence-electron chi connectivity index (χ1n) is 9.61. The van der Waals surface area contributed by atoms with Gasteiger partial charge in [0.15, 0.2) is 0 Å². The number of aromatic nitrogens is 3. The van der Waals surface area contributed by atoms with Crippen molar-refractivity contribution < 1.29 is 22.5 Å². The van der Waals surface area contributed by atoms with Crippen LogP contribution in [0.1, 0.15) is 37.1 Å². The van der Waals surface area contributed by atoms with Crippen LogP contribution in [-0.2, 0) is 17.5 Å². The molecular formula is C20H21F3N4O2. The predicted octanol–water partition coefficient (Wildman–Crippen LogP) is 4.32. The molecule has 154 valence electrons. The third-order valence-electron chi connectivity index (χ3n) is 5.38. The van der Waals surface area contributed by atoms with Crippen LogP contribution in [-0.4, -0.2) is 27.2 Å². The summed E-state index contributed by atoms with van der Waals surface area (Å²) in [5.41, 5.74) is 2.36. The Morgan fingerprint density at radius 3 is 2.76 bits per heavy atom. The lowest BCUT2D eigenvalue weighted by Gasteiger charge is -2.11. The Morgan fingerprint density at radius 1 is 1.31 bits per heavy atom. The van der Waals surface area contributed by atoms with Crippen LogP contribution in [0.15, 0.2) is 28.9 Å². The Morgan fingerprint density at radius 2 is 2.07 bits per heavy atom. The number of hydrogen-bond donors (Lipinski definition) is 1. The van der Waals surface area contributed by atoms with Crippen LogP contribution in [0.3, 0.4) is 0 Å². The van der Waals surface area contributed by atoms with Crippen molar-refractivity contribution in [2.24, 2.45) is 5.92 Å². The molecular weight excluding hydrogens is 385 g/mol. The van der Waals surface area contributed by atoms with E-state index in [9.17, 15) is 18.0 Å². The number of hydrogen-bond acceptors (Lipinski definition) is 4. The zero-order valence-corrected chi connectivity index (χ0v) is 15.9. The predicted molar refractivity (Wildman–Crippen MR) is 99.9 cm³/mol. The number of carbonyl (C=O) groups excluding carboxylic acids is 1. The maximum absolute atomic E-state index is 12.7. The van der Waals surface area contributed by atoms with Crippen LogP contribution in [0.25, 0.3) is 22.3 Å². The molecule has 1 aliphatic rings. The molecule has 0 atom stereocenters. The fourth-order valence-electron chi connectivity index (χ4n) is 3.89. The Labute approximate surface area is 165 Å².